The van der Waals surface area contributed by atoms with Gasteiger partial charge in [-0.2, -0.15) is 5.10 Å². The molecule has 0 spiro atoms. The van der Waals surface area contributed by atoms with E-state index < -0.39 is 0 Å². The number of methoxy groups -OCH3 is 1. The fourth-order valence-electron chi connectivity index (χ4n) is 2.24. The molecule has 0 saturated carbocycles. The molecular weight excluding hydrogens is 321 g/mol. The summed E-state index contributed by atoms with van der Waals surface area (Å²) < 4.78 is 18.3. The first kappa shape index (κ1) is 16.4. The summed E-state index contributed by atoms with van der Waals surface area (Å²) in [6, 6.07) is 15.1. The number of hydrogen-bond donors (Lipinski definition) is 2. The molecule has 126 valence electrons. The number of anilines is 1. The Kier molecular flexibility index (Phi) is 4.89. The van der Waals surface area contributed by atoms with E-state index in [0.717, 1.165) is 11.3 Å². The van der Waals surface area contributed by atoms with Gasteiger partial charge < -0.3 is 10.1 Å². The van der Waals surface area contributed by atoms with Crippen LogP contribution in [-0.4, -0.2) is 23.2 Å². The Bertz CT molecular complexity index is 901. The third-order valence-corrected chi connectivity index (χ3v) is 3.51. The summed E-state index contributed by atoms with van der Waals surface area (Å²) >= 11 is 0. The maximum atomic E-state index is 13.3. The molecule has 0 atom stereocenters. The average molecular weight is 337 g/mol. The van der Waals surface area contributed by atoms with Crippen molar-refractivity contribution in [2.75, 3.05) is 12.4 Å². The summed E-state index contributed by atoms with van der Waals surface area (Å²) in [4.78, 5) is 12.0. The van der Waals surface area contributed by atoms with E-state index in [2.05, 4.69) is 15.5 Å². The maximum Gasteiger partial charge on any atom is 0.249 e. The zero-order valence-electron chi connectivity index (χ0n) is 13.5. The van der Waals surface area contributed by atoms with Crippen LogP contribution >= 0.6 is 0 Å². The molecule has 5 nitrogen and oxygen atoms in total. The van der Waals surface area contributed by atoms with E-state index in [4.69, 9.17) is 4.74 Å². The number of H-pyrrole nitrogens is 1. The van der Waals surface area contributed by atoms with Crippen molar-refractivity contribution in [1.82, 2.24) is 10.2 Å². The number of ether oxygens (including phenoxy) is 1. The SMILES string of the molecule is COc1ccc(/C=C/C(=O)Nc2cc(-c3cccc(F)c3)[nH]n2)cc1. The number of carbonyl (C=O) groups is 1. The Labute approximate surface area is 144 Å². The third kappa shape index (κ3) is 4.32. The summed E-state index contributed by atoms with van der Waals surface area (Å²) in [5, 5.41) is 9.43. The molecule has 0 fully saturated rings. The van der Waals surface area contributed by atoms with Crippen molar-refractivity contribution in [2.24, 2.45) is 0 Å². The zero-order chi connectivity index (χ0) is 17.6. The minimum atomic E-state index is -0.333. The van der Waals surface area contributed by atoms with Gasteiger partial charge in [-0.05, 0) is 35.9 Å². The van der Waals surface area contributed by atoms with E-state index >= 15 is 0 Å². The molecule has 0 aliphatic heterocycles. The number of aromatic nitrogens is 2. The van der Waals surface area contributed by atoms with Crippen molar-refractivity contribution >= 4 is 17.8 Å². The van der Waals surface area contributed by atoms with Crippen LogP contribution in [-0.2, 0) is 4.79 Å². The molecule has 6 heteroatoms. The van der Waals surface area contributed by atoms with Gasteiger partial charge in [0.2, 0.25) is 5.91 Å². The standard InChI is InChI=1S/C19H16FN3O2/c1-25-16-8-5-13(6-9-16)7-10-19(24)21-18-12-17(22-23-18)14-3-2-4-15(20)11-14/h2-12H,1H3,(H2,21,22,23,24)/b10-7+. The number of rotatable bonds is 5. The third-order valence-electron chi connectivity index (χ3n) is 3.51. The topological polar surface area (TPSA) is 67.0 Å². The molecule has 2 N–H and O–H groups in total. The Balaban J connectivity index is 1.64. The lowest BCUT2D eigenvalue weighted by atomic mass is 10.1. The fraction of sp³-hybridized carbons (Fsp3) is 0.0526. The lowest BCUT2D eigenvalue weighted by Gasteiger charge is -1.99. The molecule has 0 unspecified atom stereocenters. The predicted molar refractivity (Wildman–Crippen MR) is 94.6 cm³/mol. The smallest absolute Gasteiger partial charge is 0.249 e. The highest BCUT2D eigenvalue weighted by molar-refractivity contribution is 6.01. The normalized spacial score (nSPS) is 10.8. The molecule has 3 aromatic rings. The maximum absolute atomic E-state index is 13.3. The van der Waals surface area contributed by atoms with Crippen LogP contribution in [0.25, 0.3) is 17.3 Å². The van der Waals surface area contributed by atoms with Crippen molar-refractivity contribution in [3.8, 4) is 17.0 Å². The number of halogens is 1. The second-order valence-electron chi connectivity index (χ2n) is 5.27. The number of aromatic amines is 1. The van der Waals surface area contributed by atoms with Gasteiger partial charge in [0, 0.05) is 17.7 Å². The van der Waals surface area contributed by atoms with Crippen LogP contribution in [0, 0.1) is 5.82 Å². The zero-order valence-corrected chi connectivity index (χ0v) is 13.5. The van der Waals surface area contributed by atoms with E-state index in [-0.39, 0.29) is 11.7 Å². The van der Waals surface area contributed by atoms with Gasteiger partial charge >= 0.3 is 0 Å². The molecule has 1 heterocycles. The molecule has 0 radical (unpaired) electrons. The second kappa shape index (κ2) is 7.44. The van der Waals surface area contributed by atoms with Gasteiger partial charge in [-0.15, -0.1) is 0 Å². The van der Waals surface area contributed by atoms with Crippen LogP contribution in [0.3, 0.4) is 0 Å². The summed E-state index contributed by atoms with van der Waals surface area (Å²) in [7, 11) is 1.60. The van der Waals surface area contributed by atoms with Gasteiger partial charge in [0.15, 0.2) is 5.82 Å². The van der Waals surface area contributed by atoms with Crippen molar-refractivity contribution in [1.29, 1.82) is 0 Å². The Morgan fingerprint density at radius 2 is 2.00 bits per heavy atom. The van der Waals surface area contributed by atoms with Crippen LogP contribution in [0.4, 0.5) is 10.2 Å². The second-order valence-corrected chi connectivity index (χ2v) is 5.27. The first-order valence-corrected chi connectivity index (χ1v) is 7.58. The summed E-state index contributed by atoms with van der Waals surface area (Å²) in [6.45, 7) is 0. The first-order chi connectivity index (χ1) is 12.1. The molecular formula is C19H16FN3O2. The van der Waals surface area contributed by atoms with Crippen LogP contribution < -0.4 is 10.1 Å². The molecule has 2 aromatic carbocycles. The molecule has 0 saturated heterocycles. The fourth-order valence-corrected chi connectivity index (χ4v) is 2.24. The number of nitrogens with zero attached hydrogens (tertiary/aromatic N) is 1. The van der Waals surface area contributed by atoms with Crippen LogP contribution in [0.5, 0.6) is 5.75 Å². The molecule has 1 amide bonds. The number of carbonyl (C=O) groups excluding carboxylic acids is 1. The molecule has 1 aromatic heterocycles. The quantitative estimate of drug-likeness (QED) is 0.695. The molecule has 0 bridgehead atoms. The largest absolute Gasteiger partial charge is 0.497 e. The summed E-state index contributed by atoms with van der Waals surface area (Å²) in [6.07, 6.45) is 3.10. The minimum absolute atomic E-state index is 0.312. The average Bonchev–Trinajstić information content (AvgIpc) is 3.09. The minimum Gasteiger partial charge on any atom is -0.497 e. The van der Waals surface area contributed by atoms with Gasteiger partial charge in [-0.3, -0.25) is 9.89 Å². The van der Waals surface area contributed by atoms with Gasteiger partial charge in [-0.25, -0.2) is 4.39 Å². The molecule has 0 aliphatic rings. The van der Waals surface area contributed by atoms with Gasteiger partial charge in [-0.1, -0.05) is 24.3 Å². The summed E-state index contributed by atoms with van der Waals surface area (Å²) in [5.74, 6) is 0.472. The Hall–Kier alpha value is -3.41. The number of hydrogen-bond acceptors (Lipinski definition) is 3. The highest BCUT2D eigenvalue weighted by Gasteiger charge is 2.06. The van der Waals surface area contributed by atoms with Crippen molar-refractivity contribution in [3.05, 3.63) is 72.1 Å². The van der Waals surface area contributed by atoms with Crippen LogP contribution in [0.2, 0.25) is 0 Å². The highest BCUT2D eigenvalue weighted by Crippen LogP contribution is 2.20. The predicted octanol–water partition coefficient (Wildman–Crippen LogP) is 3.88. The van der Waals surface area contributed by atoms with E-state index in [1.807, 2.05) is 24.3 Å². The lowest BCUT2D eigenvalue weighted by molar-refractivity contribution is -0.111. The van der Waals surface area contributed by atoms with Crippen LogP contribution in [0.1, 0.15) is 5.56 Å². The van der Waals surface area contributed by atoms with Crippen molar-refractivity contribution < 1.29 is 13.9 Å². The molecule has 3 rings (SSSR count). The van der Waals surface area contributed by atoms with E-state index in [1.165, 1.54) is 18.2 Å². The summed E-state index contributed by atoms with van der Waals surface area (Å²) in [5.41, 5.74) is 2.15. The van der Waals surface area contributed by atoms with Gasteiger partial charge in [0.1, 0.15) is 11.6 Å². The van der Waals surface area contributed by atoms with Crippen LogP contribution in [0.15, 0.2) is 60.7 Å². The van der Waals surface area contributed by atoms with E-state index in [0.29, 0.717) is 17.1 Å². The lowest BCUT2D eigenvalue weighted by Crippen LogP contribution is -2.07. The van der Waals surface area contributed by atoms with E-state index in [9.17, 15) is 9.18 Å². The number of nitrogens with one attached hydrogen (secondary N) is 2. The van der Waals surface area contributed by atoms with Gasteiger partial charge in [0.25, 0.3) is 0 Å². The molecule has 25 heavy (non-hydrogen) atoms. The van der Waals surface area contributed by atoms with E-state index in [1.54, 1.807) is 31.4 Å². The highest BCUT2D eigenvalue weighted by atomic mass is 19.1. The molecule has 0 aliphatic carbocycles. The Morgan fingerprint density at radius 1 is 1.20 bits per heavy atom. The number of benzene rings is 2. The Morgan fingerprint density at radius 3 is 2.72 bits per heavy atom. The first-order valence-electron chi connectivity index (χ1n) is 7.58. The van der Waals surface area contributed by atoms with Crippen molar-refractivity contribution in [2.45, 2.75) is 0 Å². The van der Waals surface area contributed by atoms with Gasteiger partial charge in [0.05, 0.1) is 12.8 Å². The number of amides is 1. The van der Waals surface area contributed by atoms with Crippen molar-refractivity contribution in [3.63, 3.8) is 0 Å². The monoisotopic (exact) mass is 337 g/mol.